The van der Waals surface area contributed by atoms with Crippen LogP contribution in [0.3, 0.4) is 0 Å². The quantitative estimate of drug-likeness (QED) is 0.825. The highest BCUT2D eigenvalue weighted by atomic mass is 32.1. The molecular weight excluding hydrogens is 196 g/mol. The van der Waals surface area contributed by atoms with Crippen LogP contribution in [0.1, 0.15) is 10.7 Å². The Morgan fingerprint density at radius 2 is 2.29 bits per heavy atom. The number of nitriles is 1. The van der Waals surface area contributed by atoms with Crippen molar-refractivity contribution in [2.75, 3.05) is 5.43 Å². The maximum atomic E-state index is 8.57. The maximum Gasteiger partial charge on any atom is 0.151 e. The molecule has 0 aliphatic carbocycles. The molecule has 0 atom stereocenters. The number of rotatable bonds is 3. The Morgan fingerprint density at radius 3 is 2.93 bits per heavy atom. The van der Waals surface area contributed by atoms with E-state index in [9.17, 15) is 0 Å². The molecule has 70 valence electrons. The van der Waals surface area contributed by atoms with Gasteiger partial charge in [0.2, 0.25) is 0 Å². The molecule has 4 nitrogen and oxygen atoms in total. The summed E-state index contributed by atoms with van der Waals surface area (Å²) in [6, 6.07) is 5.89. The van der Waals surface area contributed by atoms with E-state index < -0.39 is 0 Å². The highest BCUT2D eigenvalue weighted by molar-refractivity contribution is 7.09. The van der Waals surface area contributed by atoms with Crippen LogP contribution in [0.5, 0.6) is 0 Å². The zero-order chi connectivity index (χ0) is 9.80. The zero-order valence-electron chi connectivity index (χ0n) is 7.34. The van der Waals surface area contributed by atoms with Crippen molar-refractivity contribution in [3.8, 4) is 6.07 Å². The summed E-state index contributed by atoms with van der Waals surface area (Å²) < 4.78 is 1.85. The monoisotopic (exact) mass is 204 g/mol. The fraction of sp³-hybridized carbons (Fsp3) is 0.111. The molecule has 0 bridgehead atoms. The average molecular weight is 204 g/mol. The van der Waals surface area contributed by atoms with E-state index in [1.165, 1.54) is 11.3 Å². The maximum absolute atomic E-state index is 8.57. The number of thiazole rings is 1. The summed E-state index contributed by atoms with van der Waals surface area (Å²) in [6.07, 6.45) is 3.83. The minimum absolute atomic E-state index is 0.485. The van der Waals surface area contributed by atoms with E-state index in [4.69, 9.17) is 5.26 Å². The molecule has 2 heterocycles. The van der Waals surface area contributed by atoms with Crippen molar-refractivity contribution in [3.05, 3.63) is 40.6 Å². The molecule has 0 saturated heterocycles. The van der Waals surface area contributed by atoms with Crippen LogP contribution in [0, 0.1) is 11.3 Å². The predicted molar refractivity (Wildman–Crippen MR) is 54.3 cm³/mol. The Hall–Kier alpha value is -1.80. The van der Waals surface area contributed by atoms with Crippen molar-refractivity contribution >= 4 is 11.3 Å². The summed E-state index contributed by atoms with van der Waals surface area (Å²) in [4.78, 5) is 4.11. The molecule has 1 N–H and O–H groups in total. The lowest BCUT2D eigenvalue weighted by Crippen LogP contribution is -2.11. The first-order valence-electron chi connectivity index (χ1n) is 4.10. The molecule has 0 aromatic carbocycles. The topological polar surface area (TPSA) is 53.6 Å². The molecular formula is C9H8N4S. The second-order valence-corrected chi connectivity index (χ2v) is 3.61. The van der Waals surface area contributed by atoms with Gasteiger partial charge in [0, 0.05) is 17.8 Å². The van der Waals surface area contributed by atoms with E-state index in [0.717, 1.165) is 5.01 Å². The summed E-state index contributed by atoms with van der Waals surface area (Å²) in [6.45, 7) is 0.640. The number of hydrogen-bond donors (Lipinski definition) is 1. The molecule has 0 aliphatic heterocycles. The molecule has 0 fully saturated rings. The van der Waals surface area contributed by atoms with Crippen LogP contribution in [0.2, 0.25) is 0 Å². The number of nitrogens with one attached hydrogen (secondary N) is 1. The summed E-state index contributed by atoms with van der Waals surface area (Å²) in [5.74, 6) is 0. The standard InChI is InChI=1S/C9H8N4S/c10-5-8-7-14-9(12-8)6-11-13-3-1-2-4-13/h1-4,7,11H,6H2. The summed E-state index contributed by atoms with van der Waals surface area (Å²) in [5.41, 5.74) is 3.62. The zero-order valence-corrected chi connectivity index (χ0v) is 8.16. The van der Waals surface area contributed by atoms with Crippen molar-refractivity contribution < 1.29 is 0 Å². The molecule has 0 spiro atoms. The fourth-order valence-corrected chi connectivity index (χ4v) is 1.69. The van der Waals surface area contributed by atoms with E-state index in [1.807, 2.05) is 35.3 Å². The van der Waals surface area contributed by atoms with E-state index in [1.54, 1.807) is 5.38 Å². The first-order valence-corrected chi connectivity index (χ1v) is 4.98. The normalized spacial score (nSPS) is 9.64. The highest BCUT2D eigenvalue weighted by Crippen LogP contribution is 2.08. The third-order valence-corrected chi connectivity index (χ3v) is 2.53. The van der Waals surface area contributed by atoms with Gasteiger partial charge >= 0.3 is 0 Å². The van der Waals surface area contributed by atoms with Crippen LogP contribution in [-0.4, -0.2) is 9.66 Å². The summed E-state index contributed by atoms with van der Waals surface area (Å²) in [5, 5.41) is 11.2. The van der Waals surface area contributed by atoms with Crippen LogP contribution < -0.4 is 5.43 Å². The van der Waals surface area contributed by atoms with Crippen LogP contribution in [0.25, 0.3) is 0 Å². The van der Waals surface area contributed by atoms with Crippen molar-refractivity contribution in [1.82, 2.24) is 9.66 Å². The van der Waals surface area contributed by atoms with Gasteiger partial charge in [-0.3, -0.25) is 4.68 Å². The third kappa shape index (κ3) is 1.92. The number of hydrogen-bond acceptors (Lipinski definition) is 4. The van der Waals surface area contributed by atoms with Crippen molar-refractivity contribution in [1.29, 1.82) is 5.26 Å². The molecule has 2 aromatic rings. The lowest BCUT2D eigenvalue weighted by atomic mass is 10.5. The van der Waals surface area contributed by atoms with Crippen molar-refractivity contribution in [3.63, 3.8) is 0 Å². The lowest BCUT2D eigenvalue weighted by Gasteiger charge is -2.03. The molecule has 5 heteroatoms. The first-order chi connectivity index (χ1) is 6.88. The lowest BCUT2D eigenvalue weighted by molar-refractivity contribution is 0.841. The van der Waals surface area contributed by atoms with Gasteiger partial charge in [-0.1, -0.05) is 0 Å². The Morgan fingerprint density at radius 1 is 1.50 bits per heavy atom. The van der Waals surface area contributed by atoms with Gasteiger partial charge in [0.25, 0.3) is 0 Å². The summed E-state index contributed by atoms with van der Waals surface area (Å²) in [7, 11) is 0. The van der Waals surface area contributed by atoms with Gasteiger partial charge in [0.15, 0.2) is 5.69 Å². The minimum Gasteiger partial charge on any atom is -0.320 e. The Kier molecular flexibility index (Phi) is 2.47. The van der Waals surface area contributed by atoms with E-state index in [2.05, 4.69) is 10.4 Å². The minimum atomic E-state index is 0.485. The fourth-order valence-electron chi connectivity index (χ4n) is 1.04. The SMILES string of the molecule is N#Cc1csc(CNn2cccc2)n1. The molecule has 0 radical (unpaired) electrons. The van der Waals surface area contributed by atoms with Gasteiger partial charge in [0.1, 0.15) is 11.1 Å². The molecule has 0 saturated carbocycles. The average Bonchev–Trinajstić information content (AvgIpc) is 2.86. The predicted octanol–water partition coefficient (Wildman–Crippen LogP) is 1.56. The van der Waals surface area contributed by atoms with Crippen LogP contribution in [0.15, 0.2) is 29.9 Å². The Labute approximate surface area is 85.4 Å². The van der Waals surface area contributed by atoms with E-state index in [0.29, 0.717) is 12.2 Å². The highest BCUT2D eigenvalue weighted by Gasteiger charge is 1.99. The van der Waals surface area contributed by atoms with Gasteiger partial charge in [-0.05, 0) is 12.1 Å². The first kappa shape index (κ1) is 8.78. The molecule has 2 rings (SSSR count). The molecule has 14 heavy (non-hydrogen) atoms. The number of nitrogens with zero attached hydrogens (tertiary/aromatic N) is 3. The third-order valence-electron chi connectivity index (χ3n) is 1.68. The molecule has 2 aromatic heterocycles. The van der Waals surface area contributed by atoms with Crippen LogP contribution in [-0.2, 0) is 6.54 Å². The smallest absolute Gasteiger partial charge is 0.151 e. The molecule has 0 amide bonds. The van der Waals surface area contributed by atoms with Gasteiger partial charge in [-0.2, -0.15) is 5.26 Å². The van der Waals surface area contributed by atoms with Crippen LogP contribution in [0.4, 0.5) is 0 Å². The second kappa shape index (κ2) is 3.94. The van der Waals surface area contributed by atoms with Gasteiger partial charge < -0.3 is 5.43 Å². The second-order valence-electron chi connectivity index (χ2n) is 2.66. The Balaban J connectivity index is 1.96. The molecule has 0 unspecified atom stereocenters. The van der Waals surface area contributed by atoms with Crippen molar-refractivity contribution in [2.24, 2.45) is 0 Å². The molecule has 0 aliphatic rings. The largest absolute Gasteiger partial charge is 0.320 e. The summed E-state index contributed by atoms with van der Waals surface area (Å²) >= 11 is 1.49. The number of aromatic nitrogens is 2. The van der Waals surface area contributed by atoms with E-state index >= 15 is 0 Å². The van der Waals surface area contributed by atoms with Crippen molar-refractivity contribution in [2.45, 2.75) is 6.54 Å². The van der Waals surface area contributed by atoms with Gasteiger partial charge in [-0.25, -0.2) is 4.98 Å². The van der Waals surface area contributed by atoms with Crippen LogP contribution >= 0.6 is 11.3 Å². The van der Waals surface area contributed by atoms with Gasteiger partial charge in [-0.15, -0.1) is 11.3 Å². The Bertz CT molecular complexity index is 438. The van der Waals surface area contributed by atoms with E-state index in [-0.39, 0.29) is 0 Å². The van der Waals surface area contributed by atoms with Gasteiger partial charge in [0.05, 0.1) is 6.54 Å².